The van der Waals surface area contributed by atoms with Crippen LogP contribution < -0.4 is 10.5 Å². The van der Waals surface area contributed by atoms with Gasteiger partial charge in [-0.1, -0.05) is 35.6 Å². The Kier molecular flexibility index (Phi) is 7.90. The minimum absolute atomic E-state index is 0.161. The lowest BCUT2D eigenvalue weighted by Crippen LogP contribution is -2.48. The maximum Gasteiger partial charge on any atom is 0.335 e. The molecule has 1 atom stereocenters. The van der Waals surface area contributed by atoms with Crippen molar-refractivity contribution in [2.24, 2.45) is 5.10 Å². The lowest BCUT2D eigenvalue weighted by molar-refractivity contribution is 0.0696. The number of carboxylic acids is 1. The minimum Gasteiger partial charge on any atom is -0.478 e. The minimum atomic E-state index is -4.25. The first-order valence-corrected chi connectivity index (χ1v) is 13.6. The van der Waals surface area contributed by atoms with Crippen LogP contribution in [0.2, 0.25) is 0 Å². The van der Waals surface area contributed by atoms with Crippen molar-refractivity contribution in [1.82, 2.24) is 15.5 Å². The largest absolute Gasteiger partial charge is 0.478 e. The van der Waals surface area contributed by atoms with Gasteiger partial charge in [0.15, 0.2) is 5.84 Å². The van der Waals surface area contributed by atoms with Crippen molar-refractivity contribution in [3.63, 3.8) is 0 Å². The predicted molar refractivity (Wildman–Crippen MR) is 139 cm³/mol. The molecule has 0 aliphatic carbocycles. The van der Waals surface area contributed by atoms with Gasteiger partial charge in [-0.15, -0.1) is 15.3 Å². The maximum absolute atomic E-state index is 11.4. The summed E-state index contributed by atoms with van der Waals surface area (Å²) < 4.78 is 37.6. The fourth-order valence-corrected chi connectivity index (χ4v) is 5.08. The second kappa shape index (κ2) is 10.9. The molecule has 1 aliphatic rings. The molecular weight excluding hydrogens is 518 g/mol. The third-order valence-electron chi connectivity index (χ3n) is 5.88. The Balaban J connectivity index is 1.54. The SMILES string of the molecule is COC(Cc1cccc(C(=O)O)c1)C1=NN(c2nc(C)c(C)s2)N(CCc2ccc(S(=O)(=O)O)cc2)N1. The number of carboxylic acid groups (broad SMARTS) is 1. The van der Waals surface area contributed by atoms with E-state index < -0.39 is 22.2 Å². The van der Waals surface area contributed by atoms with Crippen LogP contribution in [0.3, 0.4) is 0 Å². The molecule has 0 saturated heterocycles. The molecule has 37 heavy (non-hydrogen) atoms. The molecule has 3 aromatic rings. The number of anilines is 1. The van der Waals surface area contributed by atoms with Gasteiger partial charge in [-0.3, -0.25) is 9.98 Å². The van der Waals surface area contributed by atoms with Gasteiger partial charge in [0, 0.05) is 25.0 Å². The van der Waals surface area contributed by atoms with E-state index in [0.717, 1.165) is 21.7 Å². The molecule has 13 heteroatoms. The predicted octanol–water partition coefficient (Wildman–Crippen LogP) is 3.06. The first kappa shape index (κ1) is 26.7. The van der Waals surface area contributed by atoms with Crippen molar-refractivity contribution >= 4 is 38.4 Å². The topological polar surface area (TPSA) is 145 Å². The number of ether oxygens (including phenoxy) is 1. The molecule has 0 radical (unpaired) electrons. The van der Waals surface area contributed by atoms with E-state index in [1.165, 1.54) is 29.5 Å². The summed E-state index contributed by atoms with van der Waals surface area (Å²) in [5.74, 6) is -0.459. The molecule has 4 rings (SSSR count). The van der Waals surface area contributed by atoms with Gasteiger partial charge in [0.2, 0.25) is 5.13 Å². The molecule has 1 unspecified atom stereocenters. The number of hydrogen-bond donors (Lipinski definition) is 3. The first-order valence-electron chi connectivity index (χ1n) is 11.3. The monoisotopic (exact) mass is 545 g/mol. The summed E-state index contributed by atoms with van der Waals surface area (Å²) in [6, 6.07) is 12.7. The molecular formula is C24H27N5O6S2. The Morgan fingerprint density at radius 1 is 1.16 bits per heavy atom. The molecule has 0 bridgehead atoms. The number of aromatic carboxylic acids is 1. The standard InChI is InChI=1S/C24H27N5O6S2/c1-15-16(2)36-24(25-15)29-27-22(21(35-3)14-18-5-4-6-19(13-18)23(30)31)26-28(29)12-11-17-7-9-20(10-8-17)37(32,33)34/h4-10,13,21H,11-12,14H2,1-3H3,(H,26,27)(H,30,31)(H,32,33,34). The number of nitrogens with zero attached hydrogens (tertiary/aromatic N) is 4. The first-order chi connectivity index (χ1) is 17.5. The summed E-state index contributed by atoms with van der Waals surface area (Å²) in [6.07, 6.45) is 0.463. The number of thiazole rings is 1. The van der Waals surface area contributed by atoms with E-state index in [2.05, 4.69) is 10.4 Å². The Bertz CT molecular complexity index is 1400. The molecule has 0 saturated carbocycles. The Labute approximate surface area is 218 Å². The number of aryl methyl sites for hydroxylation is 2. The number of benzene rings is 2. The van der Waals surface area contributed by atoms with Gasteiger partial charge in [-0.05, 0) is 55.7 Å². The fourth-order valence-electron chi connectivity index (χ4n) is 3.73. The van der Waals surface area contributed by atoms with Gasteiger partial charge in [-0.25, -0.2) is 9.78 Å². The summed E-state index contributed by atoms with van der Waals surface area (Å²) >= 11 is 1.50. The van der Waals surface area contributed by atoms with Crippen LogP contribution in [0.25, 0.3) is 0 Å². The number of amidine groups is 1. The molecule has 2 heterocycles. The van der Waals surface area contributed by atoms with Crippen molar-refractivity contribution in [1.29, 1.82) is 0 Å². The highest BCUT2D eigenvalue weighted by molar-refractivity contribution is 7.85. The second-order valence-electron chi connectivity index (χ2n) is 8.45. The number of rotatable bonds is 10. The molecule has 1 aromatic heterocycles. The highest BCUT2D eigenvalue weighted by Crippen LogP contribution is 2.28. The smallest absolute Gasteiger partial charge is 0.335 e. The van der Waals surface area contributed by atoms with Gasteiger partial charge < -0.3 is 9.84 Å². The summed E-state index contributed by atoms with van der Waals surface area (Å²) in [5, 5.41) is 18.2. The van der Waals surface area contributed by atoms with Crippen molar-refractivity contribution in [3.8, 4) is 0 Å². The van der Waals surface area contributed by atoms with E-state index in [-0.39, 0.29) is 10.5 Å². The molecule has 2 aromatic carbocycles. The average molecular weight is 546 g/mol. The summed E-state index contributed by atoms with van der Waals surface area (Å²) in [4.78, 5) is 16.9. The molecule has 0 amide bonds. The van der Waals surface area contributed by atoms with Crippen LogP contribution in [-0.2, 0) is 27.7 Å². The number of hydrazone groups is 1. The highest BCUT2D eigenvalue weighted by Gasteiger charge is 2.31. The lowest BCUT2D eigenvalue weighted by Gasteiger charge is -2.24. The van der Waals surface area contributed by atoms with Crippen LogP contribution in [0.15, 0.2) is 58.5 Å². The van der Waals surface area contributed by atoms with Crippen LogP contribution in [0.5, 0.6) is 0 Å². The van der Waals surface area contributed by atoms with E-state index in [4.69, 9.17) is 9.84 Å². The number of hydrogen-bond acceptors (Lipinski definition) is 10. The molecule has 3 N–H and O–H groups in total. The number of carbonyl (C=O) groups is 1. The van der Waals surface area contributed by atoms with Crippen molar-refractivity contribution in [3.05, 3.63) is 75.8 Å². The van der Waals surface area contributed by atoms with Gasteiger partial charge >= 0.3 is 5.97 Å². The zero-order chi connectivity index (χ0) is 26.7. The van der Waals surface area contributed by atoms with E-state index in [1.54, 1.807) is 41.6 Å². The van der Waals surface area contributed by atoms with E-state index in [9.17, 15) is 22.9 Å². The quantitative estimate of drug-likeness (QED) is 0.325. The van der Waals surface area contributed by atoms with Crippen LogP contribution in [-0.4, -0.2) is 59.7 Å². The molecule has 11 nitrogen and oxygen atoms in total. The van der Waals surface area contributed by atoms with Gasteiger partial charge in [0.25, 0.3) is 10.1 Å². The van der Waals surface area contributed by atoms with Crippen molar-refractivity contribution in [2.75, 3.05) is 18.8 Å². The number of methoxy groups -OCH3 is 1. The van der Waals surface area contributed by atoms with Crippen LogP contribution in [0.4, 0.5) is 5.13 Å². The van der Waals surface area contributed by atoms with Gasteiger partial charge in [-0.2, -0.15) is 8.42 Å². The van der Waals surface area contributed by atoms with Gasteiger partial charge in [0.1, 0.15) is 6.10 Å². The maximum atomic E-state index is 11.4. The zero-order valence-electron chi connectivity index (χ0n) is 20.5. The number of nitrogens with one attached hydrogen (secondary N) is 1. The summed E-state index contributed by atoms with van der Waals surface area (Å²) in [6.45, 7) is 4.37. The number of aromatic nitrogens is 1. The van der Waals surface area contributed by atoms with E-state index in [1.807, 2.05) is 19.9 Å². The summed E-state index contributed by atoms with van der Waals surface area (Å²) in [7, 11) is -2.69. The Hall–Kier alpha value is -3.36. The van der Waals surface area contributed by atoms with E-state index >= 15 is 0 Å². The average Bonchev–Trinajstić information content (AvgIpc) is 3.43. The molecule has 1 aliphatic heterocycles. The van der Waals surface area contributed by atoms with E-state index in [0.29, 0.717) is 30.4 Å². The summed E-state index contributed by atoms with van der Waals surface area (Å²) in [5.41, 5.74) is 6.04. The highest BCUT2D eigenvalue weighted by atomic mass is 32.2. The molecule has 196 valence electrons. The number of hydrazine groups is 2. The van der Waals surface area contributed by atoms with Crippen molar-refractivity contribution in [2.45, 2.75) is 37.7 Å². The lowest BCUT2D eigenvalue weighted by atomic mass is 10.0. The van der Waals surface area contributed by atoms with Crippen LogP contribution >= 0.6 is 11.3 Å². The third kappa shape index (κ3) is 6.32. The van der Waals surface area contributed by atoms with Gasteiger partial charge in [0.05, 0.1) is 16.2 Å². The molecule has 0 fully saturated rings. The fraction of sp³-hybridized carbons (Fsp3) is 0.292. The zero-order valence-corrected chi connectivity index (χ0v) is 22.1. The van der Waals surface area contributed by atoms with Crippen LogP contribution in [0, 0.1) is 13.8 Å². The van der Waals surface area contributed by atoms with Crippen LogP contribution in [0.1, 0.15) is 32.1 Å². The Morgan fingerprint density at radius 3 is 2.49 bits per heavy atom. The molecule has 0 spiro atoms. The third-order valence-corrected chi connectivity index (χ3v) is 7.79. The van der Waals surface area contributed by atoms with Crippen molar-refractivity contribution < 1.29 is 27.6 Å². The second-order valence-corrected chi connectivity index (χ2v) is 11.1. The Morgan fingerprint density at radius 2 is 1.89 bits per heavy atom. The normalized spacial score (nSPS) is 14.9.